The zero-order valence-electron chi connectivity index (χ0n) is 14.1. The lowest BCUT2D eigenvalue weighted by Gasteiger charge is -2.12. The lowest BCUT2D eigenvalue weighted by atomic mass is 10.1. The molecule has 1 aliphatic rings. The van der Waals surface area contributed by atoms with Crippen LogP contribution in [0.1, 0.15) is 42.9 Å². The van der Waals surface area contributed by atoms with Crippen LogP contribution in [0.2, 0.25) is 0 Å². The van der Waals surface area contributed by atoms with Crippen LogP contribution in [0.5, 0.6) is 0 Å². The Morgan fingerprint density at radius 1 is 1.17 bits per heavy atom. The molecule has 2 heterocycles. The summed E-state index contributed by atoms with van der Waals surface area (Å²) in [5.41, 5.74) is 5.23. The Hall–Kier alpha value is -2.56. The minimum atomic E-state index is -0.0259. The Morgan fingerprint density at radius 3 is 2.71 bits per heavy atom. The summed E-state index contributed by atoms with van der Waals surface area (Å²) in [6.07, 6.45) is 6.29. The molecule has 0 bridgehead atoms. The van der Waals surface area contributed by atoms with Gasteiger partial charge < -0.3 is 10.3 Å². The number of imidazole rings is 1. The quantitative estimate of drug-likeness (QED) is 0.759. The predicted molar refractivity (Wildman–Crippen MR) is 97.1 cm³/mol. The number of aromatic amines is 1. The van der Waals surface area contributed by atoms with Gasteiger partial charge in [-0.1, -0.05) is 18.9 Å². The van der Waals surface area contributed by atoms with E-state index in [1.807, 2.05) is 10.6 Å². The molecule has 5 heteroatoms. The van der Waals surface area contributed by atoms with Gasteiger partial charge in [-0.05, 0) is 49.9 Å². The van der Waals surface area contributed by atoms with E-state index in [4.69, 9.17) is 0 Å². The average molecular weight is 322 g/mol. The monoisotopic (exact) mass is 322 g/mol. The van der Waals surface area contributed by atoms with Crippen molar-refractivity contribution in [3.63, 3.8) is 0 Å². The van der Waals surface area contributed by atoms with E-state index in [1.54, 1.807) is 6.20 Å². The van der Waals surface area contributed by atoms with Crippen molar-refractivity contribution in [1.29, 1.82) is 0 Å². The maximum Gasteiger partial charge on any atom is 0.326 e. The molecule has 2 aromatic heterocycles. The molecule has 0 spiro atoms. The van der Waals surface area contributed by atoms with Crippen molar-refractivity contribution >= 4 is 22.5 Å². The van der Waals surface area contributed by atoms with E-state index in [0.717, 1.165) is 35.4 Å². The smallest absolute Gasteiger partial charge is 0.326 e. The van der Waals surface area contributed by atoms with Crippen LogP contribution in [0.15, 0.2) is 35.3 Å². The van der Waals surface area contributed by atoms with Gasteiger partial charge in [-0.3, -0.25) is 4.57 Å². The van der Waals surface area contributed by atoms with Crippen molar-refractivity contribution in [3.05, 3.63) is 52.1 Å². The van der Waals surface area contributed by atoms with Crippen LogP contribution < -0.4 is 11.0 Å². The van der Waals surface area contributed by atoms with E-state index in [2.05, 4.69) is 47.3 Å². The fourth-order valence-electron chi connectivity index (χ4n) is 3.59. The Bertz CT molecular complexity index is 948. The fourth-order valence-corrected chi connectivity index (χ4v) is 3.59. The number of rotatable bonds is 3. The first-order valence-electron chi connectivity index (χ1n) is 8.56. The molecule has 2 N–H and O–H groups in total. The van der Waals surface area contributed by atoms with Crippen LogP contribution in [0.4, 0.5) is 11.5 Å². The maximum absolute atomic E-state index is 12.3. The van der Waals surface area contributed by atoms with Gasteiger partial charge >= 0.3 is 5.69 Å². The minimum absolute atomic E-state index is 0.0259. The SMILES string of the molecule is Cc1ccc(Nc2cc3c(cn2)[nH]c(=O)n3C2CCCC2)cc1C. The zero-order chi connectivity index (χ0) is 16.7. The van der Waals surface area contributed by atoms with E-state index in [0.29, 0.717) is 6.04 Å². The Morgan fingerprint density at radius 2 is 1.96 bits per heavy atom. The number of hydrogen-bond acceptors (Lipinski definition) is 3. The van der Waals surface area contributed by atoms with Gasteiger partial charge in [-0.25, -0.2) is 9.78 Å². The van der Waals surface area contributed by atoms with Crippen LogP contribution >= 0.6 is 0 Å². The second kappa shape index (κ2) is 5.82. The number of nitrogens with one attached hydrogen (secondary N) is 2. The molecule has 0 unspecified atom stereocenters. The van der Waals surface area contributed by atoms with E-state index in [-0.39, 0.29) is 5.69 Å². The topological polar surface area (TPSA) is 62.7 Å². The highest BCUT2D eigenvalue weighted by Gasteiger charge is 2.21. The zero-order valence-corrected chi connectivity index (χ0v) is 14.1. The number of H-pyrrole nitrogens is 1. The molecule has 0 radical (unpaired) electrons. The second-order valence-electron chi connectivity index (χ2n) is 6.75. The first kappa shape index (κ1) is 15.0. The predicted octanol–water partition coefficient (Wildman–Crippen LogP) is 4.20. The van der Waals surface area contributed by atoms with Gasteiger partial charge in [0.15, 0.2) is 0 Å². The summed E-state index contributed by atoms with van der Waals surface area (Å²) in [6.45, 7) is 4.20. The van der Waals surface area contributed by atoms with Crippen LogP contribution in [0.3, 0.4) is 0 Å². The lowest BCUT2D eigenvalue weighted by Crippen LogP contribution is -2.20. The molecule has 0 aliphatic heterocycles. The summed E-state index contributed by atoms with van der Waals surface area (Å²) >= 11 is 0. The van der Waals surface area contributed by atoms with E-state index in [9.17, 15) is 4.79 Å². The number of aryl methyl sites for hydroxylation is 2. The highest BCUT2D eigenvalue weighted by atomic mass is 16.1. The van der Waals surface area contributed by atoms with Crippen molar-refractivity contribution < 1.29 is 0 Å². The molecule has 24 heavy (non-hydrogen) atoms. The fraction of sp³-hybridized carbons (Fsp3) is 0.368. The number of hydrogen-bond donors (Lipinski definition) is 2. The van der Waals surface area contributed by atoms with Crippen molar-refractivity contribution in [2.75, 3.05) is 5.32 Å². The third-order valence-electron chi connectivity index (χ3n) is 5.07. The number of fused-ring (bicyclic) bond motifs is 1. The summed E-state index contributed by atoms with van der Waals surface area (Å²) in [6, 6.07) is 8.54. The van der Waals surface area contributed by atoms with E-state index in [1.165, 1.54) is 24.0 Å². The van der Waals surface area contributed by atoms with Gasteiger partial charge in [-0.2, -0.15) is 0 Å². The molecular formula is C19H22N4O. The summed E-state index contributed by atoms with van der Waals surface area (Å²) in [4.78, 5) is 19.7. The Balaban J connectivity index is 1.73. The van der Waals surface area contributed by atoms with Crippen molar-refractivity contribution in [3.8, 4) is 0 Å². The van der Waals surface area contributed by atoms with Crippen LogP contribution in [0.25, 0.3) is 11.0 Å². The number of aromatic nitrogens is 3. The highest BCUT2D eigenvalue weighted by Crippen LogP contribution is 2.31. The van der Waals surface area contributed by atoms with E-state index >= 15 is 0 Å². The minimum Gasteiger partial charge on any atom is -0.340 e. The molecule has 1 aromatic carbocycles. The second-order valence-corrected chi connectivity index (χ2v) is 6.75. The standard InChI is InChI=1S/C19H22N4O/c1-12-7-8-14(9-13(12)2)21-18-10-17-16(11-20-18)22-19(24)23(17)15-5-3-4-6-15/h7-11,15H,3-6H2,1-2H3,(H,20,21)(H,22,24). The van der Waals surface area contributed by atoms with Gasteiger partial charge in [0.05, 0.1) is 17.2 Å². The first-order chi connectivity index (χ1) is 11.6. The molecule has 0 amide bonds. The molecule has 124 valence electrons. The van der Waals surface area contributed by atoms with Gasteiger partial charge in [-0.15, -0.1) is 0 Å². The van der Waals surface area contributed by atoms with Gasteiger partial charge in [0.2, 0.25) is 0 Å². The number of pyridine rings is 1. The molecular weight excluding hydrogens is 300 g/mol. The number of benzene rings is 1. The Kier molecular flexibility index (Phi) is 3.63. The molecule has 1 saturated carbocycles. The molecule has 1 aliphatic carbocycles. The number of nitrogens with zero attached hydrogens (tertiary/aromatic N) is 2. The van der Waals surface area contributed by atoms with Crippen molar-refractivity contribution in [2.45, 2.75) is 45.6 Å². The van der Waals surface area contributed by atoms with Crippen LogP contribution in [-0.4, -0.2) is 14.5 Å². The number of anilines is 2. The highest BCUT2D eigenvalue weighted by molar-refractivity contribution is 5.78. The largest absolute Gasteiger partial charge is 0.340 e. The Labute approximate surface area is 140 Å². The average Bonchev–Trinajstić information content (AvgIpc) is 3.17. The molecule has 1 fully saturated rings. The molecule has 0 saturated heterocycles. The van der Waals surface area contributed by atoms with Gasteiger partial charge in [0.25, 0.3) is 0 Å². The summed E-state index contributed by atoms with van der Waals surface area (Å²) in [7, 11) is 0. The van der Waals surface area contributed by atoms with Crippen LogP contribution in [-0.2, 0) is 0 Å². The maximum atomic E-state index is 12.3. The molecule has 3 aromatic rings. The lowest BCUT2D eigenvalue weighted by molar-refractivity contribution is 0.518. The van der Waals surface area contributed by atoms with Crippen molar-refractivity contribution in [1.82, 2.24) is 14.5 Å². The molecule has 0 atom stereocenters. The van der Waals surface area contributed by atoms with Crippen LogP contribution in [0, 0.1) is 13.8 Å². The third-order valence-corrected chi connectivity index (χ3v) is 5.07. The summed E-state index contributed by atoms with van der Waals surface area (Å²) in [5.74, 6) is 0.761. The summed E-state index contributed by atoms with van der Waals surface area (Å²) < 4.78 is 1.91. The van der Waals surface area contributed by atoms with Gasteiger partial charge in [0.1, 0.15) is 5.82 Å². The van der Waals surface area contributed by atoms with E-state index < -0.39 is 0 Å². The van der Waals surface area contributed by atoms with Crippen molar-refractivity contribution in [2.24, 2.45) is 0 Å². The third kappa shape index (κ3) is 2.60. The normalized spacial score (nSPS) is 15.2. The van der Waals surface area contributed by atoms with Gasteiger partial charge in [0, 0.05) is 17.8 Å². The molecule has 5 nitrogen and oxygen atoms in total. The molecule has 4 rings (SSSR count). The first-order valence-corrected chi connectivity index (χ1v) is 8.56. The summed E-state index contributed by atoms with van der Waals surface area (Å²) in [5, 5.41) is 3.35.